The van der Waals surface area contributed by atoms with Crippen molar-refractivity contribution in [2.24, 2.45) is 11.7 Å². The first-order valence-corrected chi connectivity index (χ1v) is 7.22. The number of rotatable bonds is 8. The van der Waals surface area contributed by atoms with Crippen LogP contribution in [-0.4, -0.2) is 21.6 Å². The number of carbonyl (C=O) groups excluding carboxylic acids is 1. The van der Waals surface area contributed by atoms with Gasteiger partial charge in [-0.15, -0.1) is 0 Å². The number of nitrogens with zero attached hydrogens (tertiary/aromatic N) is 2. The molecular weight excluding hydrogens is 238 g/mol. The third-order valence-electron chi connectivity index (χ3n) is 3.39. The number of hydrogen-bond acceptors (Lipinski definition) is 3. The third kappa shape index (κ3) is 5.55. The SMILES string of the molecule is CC(N)CCCC(C)C(=O)Cc1ccn(C(C)C)n1. The normalized spacial score (nSPS) is 14.6. The largest absolute Gasteiger partial charge is 0.328 e. The molecule has 2 N–H and O–H groups in total. The van der Waals surface area contributed by atoms with E-state index in [-0.39, 0.29) is 17.7 Å². The molecule has 0 aliphatic rings. The highest BCUT2D eigenvalue weighted by atomic mass is 16.1. The molecule has 0 saturated heterocycles. The van der Waals surface area contributed by atoms with Gasteiger partial charge in [-0.1, -0.05) is 13.3 Å². The molecular formula is C15H27N3O. The van der Waals surface area contributed by atoms with Gasteiger partial charge in [-0.05, 0) is 39.7 Å². The molecule has 1 heterocycles. The van der Waals surface area contributed by atoms with E-state index in [0.717, 1.165) is 25.0 Å². The van der Waals surface area contributed by atoms with Gasteiger partial charge in [0.25, 0.3) is 0 Å². The molecule has 1 rings (SSSR count). The third-order valence-corrected chi connectivity index (χ3v) is 3.39. The Morgan fingerprint density at radius 3 is 2.53 bits per heavy atom. The molecule has 108 valence electrons. The van der Waals surface area contributed by atoms with Gasteiger partial charge in [-0.2, -0.15) is 5.10 Å². The highest BCUT2D eigenvalue weighted by Crippen LogP contribution is 2.13. The van der Waals surface area contributed by atoms with E-state index in [9.17, 15) is 4.79 Å². The minimum Gasteiger partial charge on any atom is -0.328 e. The molecule has 4 heteroatoms. The first kappa shape index (κ1) is 15.9. The summed E-state index contributed by atoms with van der Waals surface area (Å²) >= 11 is 0. The lowest BCUT2D eigenvalue weighted by molar-refractivity contribution is -0.122. The maximum absolute atomic E-state index is 12.1. The van der Waals surface area contributed by atoms with E-state index in [0.29, 0.717) is 12.5 Å². The van der Waals surface area contributed by atoms with Gasteiger partial charge in [0.15, 0.2) is 0 Å². The van der Waals surface area contributed by atoms with Crippen molar-refractivity contribution in [3.05, 3.63) is 18.0 Å². The Morgan fingerprint density at radius 1 is 1.32 bits per heavy atom. The summed E-state index contributed by atoms with van der Waals surface area (Å²) in [5.74, 6) is 0.377. The van der Waals surface area contributed by atoms with Crippen LogP contribution in [0, 0.1) is 5.92 Å². The lowest BCUT2D eigenvalue weighted by Gasteiger charge is -2.10. The number of carbonyl (C=O) groups is 1. The average molecular weight is 265 g/mol. The number of hydrogen-bond donors (Lipinski definition) is 1. The molecule has 0 aliphatic heterocycles. The second-order valence-electron chi connectivity index (χ2n) is 5.83. The molecule has 0 fully saturated rings. The summed E-state index contributed by atoms with van der Waals surface area (Å²) in [4.78, 5) is 12.1. The van der Waals surface area contributed by atoms with Crippen LogP contribution in [0.25, 0.3) is 0 Å². The van der Waals surface area contributed by atoms with Crippen LogP contribution >= 0.6 is 0 Å². The van der Waals surface area contributed by atoms with Crippen molar-refractivity contribution in [1.82, 2.24) is 9.78 Å². The summed E-state index contributed by atoms with van der Waals surface area (Å²) in [6.07, 6.45) is 5.31. The van der Waals surface area contributed by atoms with Crippen molar-refractivity contribution in [2.75, 3.05) is 0 Å². The first-order valence-electron chi connectivity index (χ1n) is 7.22. The zero-order valence-corrected chi connectivity index (χ0v) is 12.6. The second-order valence-corrected chi connectivity index (χ2v) is 5.83. The molecule has 0 bridgehead atoms. The van der Waals surface area contributed by atoms with Gasteiger partial charge in [0.05, 0.1) is 12.1 Å². The lowest BCUT2D eigenvalue weighted by atomic mass is 9.95. The smallest absolute Gasteiger partial charge is 0.141 e. The number of aromatic nitrogens is 2. The molecule has 1 aromatic heterocycles. The Bertz CT molecular complexity index is 396. The van der Waals surface area contributed by atoms with E-state index < -0.39 is 0 Å². The van der Waals surface area contributed by atoms with E-state index in [1.807, 2.05) is 30.8 Å². The second kappa shape index (κ2) is 7.43. The first-order chi connectivity index (χ1) is 8.90. The summed E-state index contributed by atoms with van der Waals surface area (Å²) < 4.78 is 1.89. The molecule has 0 radical (unpaired) electrons. The number of nitrogens with two attached hydrogens (primary N) is 1. The van der Waals surface area contributed by atoms with Crippen LogP contribution in [0.4, 0.5) is 0 Å². The molecule has 1 aromatic rings. The minimum absolute atomic E-state index is 0.1000. The number of ketones is 1. The molecule has 4 nitrogen and oxygen atoms in total. The zero-order chi connectivity index (χ0) is 14.4. The summed E-state index contributed by atoms with van der Waals surface area (Å²) in [6.45, 7) is 8.17. The fourth-order valence-electron chi connectivity index (χ4n) is 2.02. The van der Waals surface area contributed by atoms with Crippen LogP contribution < -0.4 is 5.73 Å². The van der Waals surface area contributed by atoms with E-state index in [2.05, 4.69) is 18.9 Å². The molecule has 0 amide bonds. The highest BCUT2D eigenvalue weighted by molar-refractivity contribution is 5.82. The highest BCUT2D eigenvalue weighted by Gasteiger charge is 2.15. The van der Waals surface area contributed by atoms with Crippen LogP contribution in [0.15, 0.2) is 12.3 Å². The molecule has 0 aliphatic carbocycles. The Labute approximate surface area is 116 Å². The van der Waals surface area contributed by atoms with Crippen molar-refractivity contribution >= 4 is 5.78 Å². The van der Waals surface area contributed by atoms with Crippen LogP contribution in [0.2, 0.25) is 0 Å². The van der Waals surface area contributed by atoms with Crippen molar-refractivity contribution in [2.45, 2.75) is 65.5 Å². The fourth-order valence-corrected chi connectivity index (χ4v) is 2.02. The Hall–Kier alpha value is -1.16. The summed E-state index contributed by atoms with van der Waals surface area (Å²) in [5.41, 5.74) is 6.58. The summed E-state index contributed by atoms with van der Waals surface area (Å²) in [5, 5.41) is 4.42. The predicted molar refractivity (Wildman–Crippen MR) is 78.0 cm³/mol. The maximum Gasteiger partial charge on any atom is 0.141 e. The van der Waals surface area contributed by atoms with Gasteiger partial charge < -0.3 is 5.73 Å². The van der Waals surface area contributed by atoms with Crippen LogP contribution in [0.1, 0.15) is 58.7 Å². The monoisotopic (exact) mass is 265 g/mol. The zero-order valence-electron chi connectivity index (χ0n) is 12.6. The van der Waals surface area contributed by atoms with Crippen molar-refractivity contribution in [3.8, 4) is 0 Å². The standard InChI is InChI=1S/C15H27N3O/c1-11(2)18-9-8-14(17-18)10-15(19)12(3)6-5-7-13(4)16/h8-9,11-13H,5-7,10,16H2,1-4H3. The minimum atomic E-state index is 0.1000. The Kier molecular flexibility index (Phi) is 6.22. The van der Waals surface area contributed by atoms with Gasteiger partial charge in [-0.25, -0.2) is 0 Å². The number of Topliss-reactive ketones (excluding diaryl/α,β-unsaturated/α-hetero) is 1. The van der Waals surface area contributed by atoms with Gasteiger partial charge in [0.1, 0.15) is 5.78 Å². The van der Waals surface area contributed by atoms with Gasteiger partial charge in [0, 0.05) is 24.2 Å². The van der Waals surface area contributed by atoms with Crippen molar-refractivity contribution < 1.29 is 4.79 Å². The molecule has 2 atom stereocenters. The van der Waals surface area contributed by atoms with Gasteiger partial charge in [-0.3, -0.25) is 9.48 Å². The molecule has 0 spiro atoms. The van der Waals surface area contributed by atoms with E-state index >= 15 is 0 Å². The van der Waals surface area contributed by atoms with Crippen molar-refractivity contribution in [1.29, 1.82) is 0 Å². The quantitative estimate of drug-likeness (QED) is 0.786. The van der Waals surface area contributed by atoms with E-state index in [1.54, 1.807) is 0 Å². The van der Waals surface area contributed by atoms with Gasteiger partial charge in [0.2, 0.25) is 0 Å². The van der Waals surface area contributed by atoms with Crippen LogP contribution in [0.5, 0.6) is 0 Å². The summed E-state index contributed by atoms with van der Waals surface area (Å²) in [7, 11) is 0. The van der Waals surface area contributed by atoms with Crippen LogP contribution in [0.3, 0.4) is 0 Å². The van der Waals surface area contributed by atoms with E-state index in [1.165, 1.54) is 0 Å². The molecule has 0 aromatic carbocycles. The molecule has 0 saturated carbocycles. The van der Waals surface area contributed by atoms with Gasteiger partial charge >= 0.3 is 0 Å². The lowest BCUT2D eigenvalue weighted by Crippen LogP contribution is -2.17. The predicted octanol–water partition coefficient (Wildman–Crippen LogP) is 2.73. The Morgan fingerprint density at radius 2 is 2.00 bits per heavy atom. The summed E-state index contributed by atoms with van der Waals surface area (Å²) in [6, 6.07) is 2.50. The molecule has 2 unspecified atom stereocenters. The van der Waals surface area contributed by atoms with Crippen LogP contribution in [-0.2, 0) is 11.2 Å². The topological polar surface area (TPSA) is 60.9 Å². The fraction of sp³-hybridized carbons (Fsp3) is 0.733. The average Bonchev–Trinajstić information content (AvgIpc) is 2.76. The van der Waals surface area contributed by atoms with Crippen molar-refractivity contribution in [3.63, 3.8) is 0 Å². The maximum atomic E-state index is 12.1. The van der Waals surface area contributed by atoms with E-state index in [4.69, 9.17) is 5.73 Å². The molecule has 19 heavy (non-hydrogen) atoms. The Balaban J connectivity index is 2.40.